The van der Waals surface area contributed by atoms with Crippen molar-refractivity contribution in [3.8, 4) is 0 Å². The Bertz CT molecular complexity index is 1210. The molecule has 2 aromatic heterocycles. The number of aromatic carboxylic acids is 1. The summed E-state index contributed by atoms with van der Waals surface area (Å²) >= 11 is 0. The predicted molar refractivity (Wildman–Crippen MR) is 121 cm³/mol. The van der Waals surface area contributed by atoms with E-state index in [1.54, 1.807) is 9.47 Å². The number of carboxylic acid groups (broad SMARTS) is 1. The van der Waals surface area contributed by atoms with E-state index in [9.17, 15) is 27.5 Å². The Hall–Kier alpha value is -2.69. The SMILES string of the molecule is CONC1CN(c2nc3c(cc2F)c(=O)c(C(=O)O)cn3C2CC2)CC1CN.CS(=O)(=O)O.O. The topological polar surface area (TPSA) is 209 Å². The predicted octanol–water partition coefficient (Wildman–Crippen LogP) is -0.837. The molecule has 1 aliphatic heterocycles. The number of nitrogens with zero attached hydrogens (tertiary/aromatic N) is 3. The van der Waals surface area contributed by atoms with E-state index in [0.717, 1.165) is 18.9 Å². The van der Waals surface area contributed by atoms with Crippen LogP contribution in [0.5, 0.6) is 0 Å². The molecule has 15 heteroatoms. The number of nitrogens with one attached hydrogen (secondary N) is 1. The lowest BCUT2D eigenvalue weighted by Crippen LogP contribution is -2.38. The third-order valence-electron chi connectivity index (χ3n) is 5.42. The number of fused-ring (bicyclic) bond motifs is 1. The highest BCUT2D eigenvalue weighted by Gasteiger charge is 2.35. The molecule has 190 valence electrons. The molecule has 0 bridgehead atoms. The van der Waals surface area contributed by atoms with Crippen molar-refractivity contribution in [3.05, 3.63) is 33.9 Å². The van der Waals surface area contributed by atoms with Crippen LogP contribution in [0.4, 0.5) is 10.2 Å². The first-order valence-corrected chi connectivity index (χ1v) is 11.9. The van der Waals surface area contributed by atoms with Crippen LogP contribution in [0.1, 0.15) is 29.2 Å². The first-order valence-electron chi connectivity index (χ1n) is 10.1. The highest BCUT2D eigenvalue weighted by molar-refractivity contribution is 7.85. The van der Waals surface area contributed by atoms with E-state index in [0.29, 0.717) is 31.5 Å². The molecule has 0 aromatic carbocycles. The molecule has 4 rings (SSSR count). The zero-order chi connectivity index (χ0) is 24.5. The summed E-state index contributed by atoms with van der Waals surface area (Å²) in [5.41, 5.74) is 7.91. The molecule has 0 amide bonds. The lowest BCUT2D eigenvalue weighted by atomic mass is 10.1. The highest BCUT2D eigenvalue weighted by Crippen LogP contribution is 2.37. The van der Waals surface area contributed by atoms with E-state index in [4.69, 9.17) is 15.1 Å². The van der Waals surface area contributed by atoms with E-state index >= 15 is 0 Å². The van der Waals surface area contributed by atoms with Gasteiger partial charge in [0.25, 0.3) is 10.1 Å². The summed E-state index contributed by atoms with van der Waals surface area (Å²) in [4.78, 5) is 35.2. The van der Waals surface area contributed by atoms with Crippen LogP contribution in [0.15, 0.2) is 17.1 Å². The van der Waals surface area contributed by atoms with Gasteiger partial charge in [0.15, 0.2) is 11.6 Å². The molecule has 13 nitrogen and oxygen atoms in total. The number of carbonyl (C=O) groups is 1. The molecule has 1 saturated heterocycles. The fourth-order valence-corrected chi connectivity index (χ4v) is 3.81. The molecule has 0 spiro atoms. The molecule has 34 heavy (non-hydrogen) atoms. The molecule has 2 unspecified atom stereocenters. The van der Waals surface area contributed by atoms with Crippen molar-refractivity contribution >= 4 is 32.9 Å². The Balaban J connectivity index is 0.000000619. The molecule has 2 aromatic rings. The summed E-state index contributed by atoms with van der Waals surface area (Å²) in [6.45, 7) is 1.35. The van der Waals surface area contributed by atoms with Gasteiger partial charge in [-0.3, -0.25) is 9.35 Å². The zero-order valence-electron chi connectivity index (χ0n) is 18.6. The lowest BCUT2D eigenvalue weighted by molar-refractivity contribution is 0.0549. The minimum Gasteiger partial charge on any atom is -0.477 e. The molecule has 3 heterocycles. The van der Waals surface area contributed by atoms with Crippen LogP contribution in [0.2, 0.25) is 0 Å². The van der Waals surface area contributed by atoms with Crippen molar-refractivity contribution < 1.29 is 37.6 Å². The molecule has 2 fully saturated rings. The van der Waals surface area contributed by atoms with E-state index in [1.807, 2.05) is 0 Å². The second kappa shape index (κ2) is 10.7. The number of halogens is 1. The lowest BCUT2D eigenvalue weighted by Gasteiger charge is -2.20. The van der Waals surface area contributed by atoms with Gasteiger partial charge in [-0.2, -0.15) is 13.9 Å². The number of hydrogen-bond donors (Lipinski definition) is 4. The number of anilines is 1. The quantitative estimate of drug-likeness (QED) is 0.281. The number of carboxylic acids is 1. The third-order valence-corrected chi connectivity index (χ3v) is 5.42. The standard InChI is InChI=1S/C18H22FN5O4.CH4O3S.H2O/c1-28-22-14-8-23(6-9(14)5-20)17-13(19)4-11-15(25)12(18(26)27)7-24(10-2-3-10)16(11)21-17;1-5(2,3)4;/h4,7,9-10,14,22H,2-3,5-6,8,20H2,1H3,(H,26,27);1H3,(H,2,3,4);1H2. The van der Waals surface area contributed by atoms with Crippen molar-refractivity contribution in [2.45, 2.75) is 24.9 Å². The van der Waals surface area contributed by atoms with Crippen molar-refractivity contribution in [2.24, 2.45) is 11.7 Å². The maximum Gasteiger partial charge on any atom is 0.341 e. The summed E-state index contributed by atoms with van der Waals surface area (Å²) in [5, 5.41) is 9.30. The number of hydrogen-bond acceptors (Lipinski definition) is 9. The summed E-state index contributed by atoms with van der Waals surface area (Å²) in [6.07, 6.45) is 3.77. The minimum atomic E-state index is -3.67. The molecule has 1 aliphatic carbocycles. The van der Waals surface area contributed by atoms with Gasteiger partial charge in [0.1, 0.15) is 11.2 Å². The monoisotopic (exact) mass is 505 g/mol. The summed E-state index contributed by atoms with van der Waals surface area (Å²) in [5.74, 6) is -1.81. The fraction of sp³-hybridized carbons (Fsp3) is 0.526. The molecular weight excluding hydrogens is 477 g/mol. The van der Waals surface area contributed by atoms with E-state index in [-0.39, 0.29) is 40.2 Å². The number of pyridine rings is 2. The second-order valence-electron chi connectivity index (χ2n) is 8.04. The molecule has 2 aliphatic rings. The Labute approximate surface area is 194 Å². The van der Waals surface area contributed by atoms with Gasteiger partial charge in [-0.15, -0.1) is 0 Å². The molecule has 2 atom stereocenters. The first kappa shape index (κ1) is 27.6. The van der Waals surface area contributed by atoms with Gasteiger partial charge in [0.05, 0.1) is 24.8 Å². The average molecular weight is 506 g/mol. The van der Waals surface area contributed by atoms with Crippen molar-refractivity contribution in [1.82, 2.24) is 15.0 Å². The summed E-state index contributed by atoms with van der Waals surface area (Å²) in [7, 11) is -2.15. The van der Waals surface area contributed by atoms with Crippen LogP contribution in [0.25, 0.3) is 11.0 Å². The fourth-order valence-electron chi connectivity index (χ4n) is 3.81. The van der Waals surface area contributed by atoms with Crippen LogP contribution in [0.3, 0.4) is 0 Å². The normalized spacial score (nSPS) is 20.0. The van der Waals surface area contributed by atoms with E-state index < -0.39 is 27.3 Å². The van der Waals surface area contributed by atoms with Crippen LogP contribution < -0.4 is 21.5 Å². The Morgan fingerprint density at radius 1 is 1.38 bits per heavy atom. The molecular formula is C19H28FN5O8S. The number of rotatable bonds is 6. The van der Waals surface area contributed by atoms with Crippen molar-refractivity contribution in [2.75, 3.05) is 37.9 Å². The zero-order valence-corrected chi connectivity index (χ0v) is 19.4. The maximum absolute atomic E-state index is 14.9. The van der Waals surface area contributed by atoms with E-state index in [1.165, 1.54) is 13.3 Å². The largest absolute Gasteiger partial charge is 0.477 e. The van der Waals surface area contributed by atoms with Crippen LogP contribution in [-0.4, -0.2) is 78.1 Å². The van der Waals surface area contributed by atoms with Crippen molar-refractivity contribution in [3.63, 3.8) is 0 Å². The van der Waals surface area contributed by atoms with Crippen LogP contribution in [0, 0.1) is 11.7 Å². The Kier molecular flexibility index (Phi) is 8.68. The van der Waals surface area contributed by atoms with Gasteiger partial charge in [0, 0.05) is 31.2 Å². The summed E-state index contributed by atoms with van der Waals surface area (Å²) in [6, 6.07) is 1.09. The van der Waals surface area contributed by atoms with Gasteiger partial charge in [-0.05, 0) is 25.5 Å². The Morgan fingerprint density at radius 3 is 2.50 bits per heavy atom. The third kappa shape index (κ3) is 6.25. The van der Waals surface area contributed by atoms with Gasteiger partial charge in [-0.1, -0.05) is 0 Å². The smallest absolute Gasteiger partial charge is 0.341 e. The number of aromatic nitrogens is 2. The molecule has 7 N–H and O–H groups in total. The van der Waals surface area contributed by atoms with Crippen molar-refractivity contribution in [1.29, 1.82) is 0 Å². The number of hydroxylamine groups is 1. The highest BCUT2D eigenvalue weighted by atomic mass is 32.2. The Morgan fingerprint density at radius 2 is 2.00 bits per heavy atom. The molecule has 0 radical (unpaired) electrons. The second-order valence-corrected chi connectivity index (χ2v) is 9.51. The summed E-state index contributed by atoms with van der Waals surface area (Å²) < 4.78 is 42.4. The van der Waals surface area contributed by atoms with E-state index in [2.05, 4.69) is 10.5 Å². The first-order chi connectivity index (χ1) is 15.4. The van der Waals surface area contributed by atoms with Crippen LogP contribution in [-0.2, 0) is 15.0 Å². The average Bonchev–Trinajstić information content (AvgIpc) is 3.47. The van der Waals surface area contributed by atoms with Gasteiger partial charge in [0.2, 0.25) is 5.43 Å². The minimum absolute atomic E-state index is 0. The van der Waals surface area contributed by atoms with Gasteiger partial charge < -0.3 is 30.6 Å². The number of nitrogens with two attached hydrogens (primary N) is 1. The van der Waals surface area contributed by atoms with Gasteiger partial charge in [-0.25, -0.2) is 14.2 Å². The molecule has 1 saturated carbocycles. The van der Waals surface area contributed by atoms with Crippen LogP contribution >= 0.6 is 0 Å². The van der Waals surface area contributed by atoms with Gasteiger partial charge >= 0.3 is 5.97 Å². The maximum atomic E-state index is 14.9.